The van der Waals surface area contributed by atoms with Gasteiger partial charge in [0.2, 0.25) is 0 Å². The van der Waals surface area contributed by atoms with E-state index in [1.807, 2.05) is 12.1 Å². The highest BCUT2D eigenvalue weighted by Crippen LogP contribution is 2.36. The molecule has 90 valence electrons. The molecule has 1 aromatic heterocycles. The van der Waals surface area contributed by atoms with Crippen LogP contribution < -0.4 is 10.1 Å². The Labute approximate surface area is 101 Å². The van der Waals surface area contributed by atoms with E-state index in [0.717, 1.165) is 25.1 Å². The molecule has 1 aliphatic heterocycles. The van der Waals surface area contributed by atoms with Gasteiger partial charge in [-0.25, -0.2) is 0 Å². The van der Waals surface area contributed by atoms with Crippen LogP contribution in [0, 0.1) is 0 Å². The molecule has 0 radical (unpaired) electrons. The van der Waals surface area contributed by atoms with E-state index in [1.54, 1.807) is 7.11 Å². The zero-order chi connectivity index (χ0) is 11.8. The third kappa shape index (κ3) is 1.53. The average Bonchev–Trinajstić information content (AvgIpc) is 2.76. The summed E-state index contributed by atoms with van der Waals surface area (Å²) in [6, 6.07) is 6.66. The maximum atomic E-state index is 5.48. The molecule has 1 aliphatic rings. The molecule has 3 nitrogen and oxygen atoms in total. The van der Waals surface area contributed by atoms with Crippen molar-refractivity contribution >= 4 is 10.9 Å². The SMILES string of the molecule is CC[C@@H]1NCCc2c1[nH]c1cccc(OC)c21. The predicted octanol–water partition coefficient (Wildman–Crippen LogP) is 2.77. The molecule has 3 heteroatoms. The maximum Gasteiger partial charge on any atom is 0.128 e. The van der Waals surface area contributed by atoms with Crippen LogP contribution in [0.15, 0.2) is 18.2 Å². The number of rotatable bonds is 2. The van der Waals surface area contributed by atoms with Gasteiger partial charge in [0.1, 0.15) is 5.75 Å². The number of fused-ring (bicyclic) bond motifs is 3. The molecule has 17 heavy (non-hydrogen) atoms. The van der Waals surface area contributed by atoms with Crippen LogP contribution in [0.25, 0.3) is 10.9 Å². The lowest BCUT2D eigenvalue weighted by Crippen LogP contribution is -2.29. The van der Waals surface area contributed by atoms with Crippen LogP contribution in [0.4, 0.5) is 0 Å². The Bertz CT molecular complexity index is 544. The van der Waals surface area contributed by atoms with Crippen molar-refractivity contribution in [1.82, 2.24) is 10.3 Å². The van der Waals surface area contributed by atoms with Crippen molar-refractivity contribution in [3.63, 3.8) is 0 Å². The number of H-pyrrole nitrogens is 1. The van der Waals surface area contributed by atoms with Gasteiger partial charge >= 0.3 is 0 Å². The number of nitrogens with one attached hydrogen (secondary N) is 2. The molecule has 2 N–H and O–H groups in total. The summed E-state index contributed by atoms with van der Waals surface area (Å²) < 4.78 is 5.48. The van der Waals surface area contributed by atoms with E-state index in [9.17, 15) is 0 Å². The minimum absolute atomic E-state index is 0.454. The molecule has 0 saturated carbocycles. The highest BCUT2D eigenvalue weighted by atomic mass is 16.5. The van der Waals surface area contributed by atoms with Crippen LogP contribution >= 0.6 is 0 Å². The monoisotopic (exact) mass is 230 g/mol. The summed E-state index contributed by atoms with van der Waals surface area (Å²) in [5.74, 6) is 0.983. The van der Waals surface area contributed by atoms with Gasteiger partial charge in [0.05, 0.1) is 7.11 Å². The molecule has 1 atom stereocenters. The number of ether oxygens (including phenoxy) is 1. The average molecular weight is 230 g/mol. The van der Waals surface area contributed by atoms with Gasteiger partial charge in [0.15, 0.2) is 0 Å². The van der Waals surface area contributed by atoms with E-state index in [-0.39, 0.29) is 0 Å². The molecule has 0 unspecified atom stereocenters. The molecule has 0 saturated heterocycles. The summed E-state index contributed by atoms with van der Waals surface area (Å²) in [4.78, 5) is 3.55. The fourth-order valence-corrected chi connectivity index (χ4v) is 2.85. The Balaban J connectivity index is 2.27. The summed E-state index contributed by atoms with van der Waals surface area (Å²) in [5, 5.41) is 4.82. The van der Waals surface area contributed by atoms with Crippen molar-refractivity contribution in [3.8, 4) is 5.75 Å². The summed E-state index contributed by atoms with van der Waals surface area (Å²) in [7, 11) is 1.74. The van der Waals surface area contributed by atoms with E-state index in [4.69, 9.17) is 4.74 Å². The van der Waals surface area contributed by atoms with E-state index in [2.05, 4.69) is 23.3 Å². The number of aromatic amines is 1. The largest absolute Gasteiger partial charge is 0.496 e. The van der Waals surface area contributed by atoms with Gasteiger partial charge in [-0.2, -0.15) is 0 Å². The van der Waals surface area contributed by atoms with Crippen molar-refractivity contribution < 1.29 is 4.74 Å². The van der Waals surface area contributed by atoms with Crippen molar-refractivity contribution in [3.05, 3.63) is 29.5 Å². The van der Waals surface area contributed by atoms with Crippen LogP contribution in [0.5, 0.6) is 5.75 Å². The summed E-state index contributed by atoms with van der Waals surface area (Å²) in [5.41, 5.74) is 3.97. The summed E-state index contributed by atoms with van der Waals surface area (Å²) in [6.07, 6.45) is 2.19. The van der Waals surface area contributed by atoms with Gasteiger partial charge in [-0.15, -0.1) is 0 Å². The van der Waals surface area contributed by atoms with Gasteiger partial charge in [0, 0.05) is 22.6 Å². The van der Waals surface area contributed by atoms with Gasteiger partial charge in [-0.3, -0.25) is 0 Å². The van der Waals surface area contributed by atoms with Crippen molar-refractivity contribution in [2.75, 3.05) is 13.7 Å². The van der Waals surface area contributed by atoms with Crippen molar-refractivity contribution in [1.29, 1.82) is 0 Å². The van der Waals surface area contributed by atoms with E-state index < -0.39 is 0 Å². The topological polar surface area (TPSA) is 37.0 Å². The second-order valence-electron chi connectivity index (χ2n) is 4.57. The first-order valence-electron chi connectivity index (χ1n) is 6.26. The lowest BCUT2D eigenvalue weighted by atomic mass is 9.97. The minimum atomic E-state index is 0.454. The molecule has 3 rings (SSSR count). The second kappa shape index (κ2) is 4.08. The zero-order valence-corrected chi connectivity index (χ0v) is 10.3. The molecular formula is C14H18N2O. The predicted molar refractivity (Wildman–Crippen MR) is 69.6 cm³/mol. The molecule has 1 aromatic carbocycles. The Hall–Kier alpha value is -1.48. The van der Waals surface area contributed by atoms with Crippen LogP contribution in [-0.4, -0.2) is 18.6 Å². The molecule has 0 fully saturated rings. The fraction of sp³-hybridized carbons (Fsp3) is 0.429. The van der Waals surface area contributed by atoms with E-state index >= 15 is 0 Å². The summed E-state index contributed by atoms with van der Waals surface area (Å²) >= 11 is 0. The van der Waals surface area contributed by atoms with E-state index in [0.29, 0.717) is 6.04 Å². The van der Waals surface area contributed by atoms with Crippen LogP contribution in [0.3, 0.4) is 0 Å². The fourth-order valence-electron chi connectivity index (χ4n) is 2.85. The number of hydrogen-bond acceptors (Lipinski definition) is 2. The summed E-state index contributed by atoms with van der Waals surface area (Å²) in [6.45, 7) is 3.27. The smallest absolute Gasteiger partial charge is 0.128 e. The van der Waals surface area contributed by atoms with Gasteiger partial charge in [-0.1, -0.05) is 13.0 Å². The first-order valence-corrected chi connectivity index (χ1v) is 6.26. The van der Waals surface area contributed by atoms with Gasteiger partial charge in [0.25, 0.3) is 0 Å². The maximum absolute atomic E-state index is 5.48. The quantitative estimate of drug-likeness (QED) is 0.832. The highest BCUT2D eigenvalue weighted by molar-refractivity contribution is 5.91. The normalized spacial score (nSPS) is 19.3. The second-order valence-corrected chi connectivity index (χ2v) is 4.57. The molecule has 2 aromatic rings. The molecule has 0 aliphatic carbocycles. The number of aromatic nitrogens is 1. The van der Waals surface area contributed by atoms with E-state index in [1.165, 1.54) is 22.2 Å². The van der Waals surface area contributed by atoms with Gasteiger partial charge < -0.3 is 15.0 Å². The zero-order valence-electron chi connectivity index (χ0n) is 10.3. The Morgan fingerprint density at radius 3 is 3.06 bits per heavy atom. The van der Waals surface area contributed by atoms with Crippen LogP contribution in [0.1, 0.15) is 30.6 Å². The minimum Gasteiger partial charge on any atom is -0.496 e. The van der Waals surface area contributed by atoms with Crippen LogP contribution in [-0.2, 0) is 6.42 Å². The number of methoxy groups -OCH3 is 1. The van der Waals surface area contributed by atoms with Gasteiger partial charge in [-0.05, 0) is 37.1 Å². The molecular weight excluding hydrogens is 212 g/mol. The molecule has 0 bridgehead atoms. The third-order valence-electron chi connectivity index (χ3n) is 3.66. The van der Waals surface area contributed by atoms with Crippen molar-refractivity contribution in [2.24, 2.45) is 0 Å². The standard InChI is InChI=1S/C14H18N2O/c1-3-10-14-9(7-8-15-10)13-11(16-14)5-4-6-12(13)17-2/h4-6,10,15-16H,3,7-8H2,1-2H3/t10-/m0/s1. The molecule has 2 heterocycles. The Kier molecular flexibility index (Phi) is 2.56. The molecule has 0 spiro atoms. The number of benzene rings is 1. The highest BCUT2D eigenvalue weighted by Gasteiger charge is 2.23. The third-order valence-corrected chi connectivity index (χ3v) is 3.66. The molecule has 0 amide bonds. The first kappa shape index (κ1) is 10.7. The lowest BCUT2D eigenvalue weighted by molar-refractivity contribution is 0.419. The Morgan fingerprint density at radius 1 is 1.41 bits per heavy atom. The lowest BCUT2D eigenvalue weighted by Gasteiger charge is -2.23. The van der Waals surface area contributed by atoms with Crippen molar-refractivity contribution in [2.45, 2.75) is 25.8 Å². The van der Waals surface area contributed by atoms with Crippen LogP contribution in [0.2, 0.25) is 0 Å². The number of hydrogen-bond donors (Lipinski definition) is 2. The first-order chi connectivity index (χ1) is 8.35. The Morgan fingerprint density at radius 2 is 2.29 bits per heavy atom.